The number of ether oxygens (including phenoxy) is 1. The maximum absolute atomic E-state index is 6.65. The molecule has 10 aromatic rings. The van der Waals surface area contributed by atoms with Gasteiger partial charge in [-0.2, -0.15) is 0 Å². The van der Waals surface area contributed by atoms with Crippen molar-refractivity contribution < 1.29 is 9.15 Å². The van der Waals surface area contributed by atoms with Crippen LogP contribution in [-0.2, 0) is 5.41 Å². The maximum atomic E-state index is 6.65. The molecule has 0 fully saturated rings. The zero-order valence-electron chi connectivity index (χ0n) is 33.9. The lowest BCUT2D eigenvalue weighted by atomic mass is 9.66. The van der Waals surface area contributed by atoms with Gasteiger partial charge < -0.3 is 14.5 Å². The van der Waals surface area contributed by atoms with E-state index in [1.807, 2.05) is 12.1 Å². The van der Waals surface area contributed by atoms with Crippen LogP contribution in [-0.4, -0.2) is 11.8 Å². The Balaban J connectivity index is 1.09. The van der Waals surface area contributed by atoms with Crippen molar-refractivity contribution in [3.8, 4) is 33.8 Å². The third-order valence-corrected chi connectivity index (χ3v) is 13.3. The third kappa shape index (κ3) is 4.86. The Morgan fingerprint density at radius 2 is 1.05 bits per heavy atom. The molecule has 1 aliphatic carbocycles. The van der Waals surface area contributed by atoms with Gasteiger partial charge in [0.2, 0.25) is 0 Å². The summed E-state index contributed by atoms with van der Waals surface area (Å²) in [6, 6.07) is 71.6. The van der Waals surface area contributed by atoms with E-state index in [9.17, 15) is 0 Å². The second kappa shape index (κ2) is 13.3. The normalized spacial score (nSPS) is 15.8. The zero-order chi connectivity index (χ0) is 40.9. The molecule has 0 saturated heterocycles. The second-order valence-electron chi connectivity index (χ2n) is 16.6. The van der Waals surface area contributed by atoms with Crippen molar-refractivity contribution in [2.75, 3.05) is 0 Å². The van der Waals surface area contributed by atoms with Crippen molar-refractivity contribution >= 4 is 49.8 Å². The first-order chi connectivity index (χ1) is 30.7. The predicted octanol–water partition coefficient (Wildman–Crippen LogP) is 14.2. The molecule has 1 N–H and O–H groups in total. The number of rotatable bonds is 4. The number of nitrogens with zero attached hydrogens (tertiary/aromatic N) is 1. The zero-order valence-corrected chi connectivity index (χ0v) is 33.9. The van der Waals surface area contributed by atoms with Gasteiger partial charge in [-0.1, -0.05) is 164 Å². The lowest BCUT2D eigenvalue weighted by Crippen LogP contribution is -2.37. The Morgan fingerprint density at radius 1 is 0.468 bits per heavy atom. The number of para-hydroxylation sites is 3. The molecule has 3 heterocycles. The van der Waals surface area contributed by atoms with Crippen molar-refractivity contribution in [3.05, 3.63) is 239 Å². The summed E-state index contributed by atoms with van der Waals surface area (Å²) >= 11 is 0. The van der Waals surface area contributed by atoms with Crippen molar-refractivity contribution in [3.63, 3.8) is 0 Å². The molecule has 3 aliphatic rings. The average molecular weight is 795 g/mol. The SMILES string of the molecule is CC1NC(c2ccc3oc4ccccc4c3c2)=C(c2ccccc2-c2cccc3c2-c2ccccc2C32c3ccccc3Oc3ccccc32)N=C1c1cccc2ccccc12. The van der Waals surface area contributed by atoms with Gasteiger partial charge in [0.15, 0.2) is 0 Å². The molecule has 1 aromatic heterocycles. The molecule has 13 rings (SSSR count). The van der Waals surface area contributed by atoms with Gasteiger partial charge in [0.05, 0.1) is 28.6 Å². The summed E-state index contributed by atoms with van der Waals surface area (Å²) in [4.78, 5) is 5.80. The van der Waals surface area contributed by atoms with E-state index in [1.54, 1.807) is 0 Å². The fraction of sp³-hybridized carbons (Fsp3) is 0.0517. The van der Waals surface area contributed by atoms with Crippen molar-refractivity contribution in [1.82, 2.24) is 5.32 Å². The number of hydrogen-bond donors (Lipinski definition) is 1. The van der Waals surface area contributed by atoms with Gasteiger partial charge in [-0.15, -0.1) is 0 Å². The van der Waals surface area contributed by atoms with Crippen LogP contribution in [0.5, 0.6) is 11.5 Å². The Bertz CT molecular complexity index is 3520. The number of furan rings is 1. The number of aliphatic imine (C=N–C) groups is 1. The van der Waals surface area contributed by atoms with Gasteiger partial charge in [-0.3, -0.25) is 0 Å². The molecule has 292 valence electrons. The molecule has 0 radical (unpaired) electrons. The minimum absolute atomic E-state index is 0.0788. The van der Waals surface area contributed by atoms with Crippen molar-refractivity contribution in [2.45, 2.75) is 18.4 Å². The van der Waals surface area contributed by atoms with Gasteiger partial charge in [0.1, 0.15) is 22.7 Å². The Labute approximate surface area is 359 Å². The summed E-state index contributed by atoms with van der Waals surface area (Å²) in [5.41, 5.74) is 16.8. The molecule has 9 aromatic carbocycles. The van der Waals surface area contributed by atoms with Crippen LogP contribution in [0.3, 0.4) is 0 Å². The summed E-state index contributed by atoms with van der Waals surface area (Å²) in [6.45, 7) is 2.22. The Kier molecular flexibility index (Phi) is 7.47. The fourth-order valence-corrected chi connectivity index (χ4v) is 10.7. The monoisotopic (exact) mass is 794 g/mol. The summed E-state index contributed by atoms with van der Waals surface area (Å²) in [7, 11) is 0. The smallest absolute Gasteiger partial charge is 0.135 e. The first kappa shape index (κ1) is 34.9. The number of benzene rings is 9. The Morgan fingerprint density at radius 3 is 1.87 bits per heavy atom. The van der Waals surface area contributed by atoms with E-state index in [4.69, 9.17) is 14.1 Å². The van der Waals surface area contributed by atoms with Gasteiger partial charge in [0, 0.05) is 38.6 Å². The first-order valence-corrected chi connectivity index (χ1v) is 21.4. The van der Waals surface area contributed by atoms with E-state index in [1.165, 1.54) is 33.0 Å². The lowest BCUT2D eigenvalue weighted by Gasteiger charge is -2.39. The number of hydrogen-bond acceptors (Lipinski definition) is 4. The highest BCUT2D eigenvalue weighted by Crippen LogP contribution is 2.63. The van der Waals surface area contributed by atoms with Crippen LogP contribution in [0.25, 0.3) is 66.4 Å². The molecule has 0 saturated carbocycles. The second-order valence-corrected chi connectivity index (χ2v) is 16.6. The summed E-state index contributed by atoms with van der Waals surface area (Å²) in [5.74, 6) is 1.77. The molecule has 0 bridgehead atoms. The molecule has 2 aliphatic heterocycles. The molecule has 1 atom stereocenters. The quantitative estimate of drug-likeness (QED) is 0.193. The average Bonchev–Trinajstić information content (AvgIpc) is 3.85. The predicted molar refractivity (Wildman–Crippen MR) is 253 cm³/mol. The van der Waals surface area contributed by atoms with Crippen LogP contribution in [0, 0.1) is 0 Å². The van der Waals surface area contributed by atoms with Gasteiger partial charge >= 0.3 is 0 Å². The van der Waals surface area contributed by atoms with Crippen LogP contribution in [0.2, 0.25) is 0 Å². The molecule has 1 spiro atoms. The molecular weight excluding hydrogens is 757 g/mol. The molecular formula is C58H38N2O2. The van der Waals surface area contributed by atoms with Gasteiger partial charge in [-0.05, 0) is 87.5 Å². The number of nitrogens with one attached hydrogen (secondary N) is 1. The Hall–Kier alpha value is -7.95. The summed E-state index contributed by atoms with van der Waals surface area (Å²) in [5, 5.41) is 8.57. The molecule has 4 nitrogen and oxygen atoms in total. The number of fused-ring (bicyclic) bond motifs is 13. The third-order valence-electron chi connectivity index (χ3n) is 13.3. The highest BCUT2D eigenvalue weighted by Gasteiger charge is 2.51. The maximum Gasteiger partial charge on any atom is 0.135 e. The van der Waals surface area contributed by atoms with E-state index < -0.39 is 5.41 Å². The topological polar surface area (TPSA) is 46.8 Å². The van der Waals surface area contributed by atoms with Crippen LogP contribution < -0.4 is 10.1 Å². The van der Waals surface area contributed by atoms with Crippen molar-refractivity contribution in [1.29, 1.82) is 0 Å². The van der Waals surface area contributed by atoms with Crippen LogP contribution in [0.4, 0.5) is 0 Å². The highest BCUT2D eigenvalue weighted by atomic mass is 16.5. The van der Waals surface area contributed by atoms with Crippen LogP contribution in [0.15, 0.2) is 210 Å². The summed E-state index contributed by atoms with van der Waals surface area (Å²) < 4.78 is 13.0. The van der Waals surface area contributed by atoms with E-state index >= 15 is 0 Å². The van der Waals surface area contributed by atoms with E-state index in [-0.39, 0.29) is 6.04 Å². The molecule has 4 heteroatoms. The van der Waals surface area contributed by atoms with Crippen molar-refractivity contribution in [2.24, 2.45) is 4.99 Å². The van der Waals surface area contributed by atoms with Gasteiger partial charge in [-0.25, -0.2) is 4.99 Å². The summed E-state index contributed by atoms with van der Waals surface area (Å²) in [6.07, 6.45) is 0. The molecule has 1 unspecified atom stereocenters. The highest BCUT2D eigenvalue weighted by molar-refractivity contribution is 6.18. The minimum atomic E-state index is -0.572. The molecule has 0 amide bonds. The minimum Gasteiger partial charge on any atom is -0.457 e. The standard InChI is InChI=1S/C58H38N2O2/c1-35-55(42-24-14-17-36-16-2-3-18-38(36)42)60-57(56(59-35)37-32-33-51-45(34-37)40-20-7-11-29-50(40)61-51)43-21-5-4-19-39(43)41-23-15-28-49-54(41)44-22-6-8-25-46(44)58(49)47-26-9-12-30-52(47)62-53-31-13-10-27-48(53)58/h2-35,59H,1H3. The van der Waals surface area contributed by atoms with Gasteiger partial charge in [0.25, 0.3) is 0 Å². The first-order valence-electron chi connectivity index (χ1n) is 21.4. The van der Waals surface area contributed by atoms with Crippen LogP contribution in [0.1, 0.15) is 45.9 Å². The molecule has 62 heavy (non-hydrogen) atoms. The van der Waals surface area contributed by atoms with E-state index in [2.05, 4.69) is 200 Å². The largest absolute Gasteiger partial charge is 0.457 e. The van der Waals surface area contributed by atoms with E-state index in [0.717, 1.165) is 89.5 Å². The van der Waals surface area contributed by atoms with E-state index in [0.29, 0.717) is 0 Å². The van der Waals surface area contributed by atoms with Crippen LogP contribution >= 0.6 is 0 Å². The fourth-order valence-electron chi connectivity index (χ4n) is 10.7. The lowest BCUT2D eigenvalue weighted by molar-refractivity contribution is 0.436.